The Morgan fingerprint density at radius 2 is 2.04 bits per heavy atom. The van der Waals surface area contributed by atoms with E-state index < -0.39 is 6.61 Å². The van der Waals surface area contributed by atoms with E-state index in [0.717, 1.165) is 32.7 Å². The van der Waals surface area contributed by atoms with Crippen molar-refractivity contribution in [3.8, 4) is 11.5 Å². The molecule has 1 aromatic carbocycles. The van der Waals surface area contributed by atoms with Crippen LogP contribution in [0, 0.1) is 0 Å². The minimum absolute atomic E-state index is 0. The maximum absolute atomic E-state index is 12.3. The number of methoxy groups -OCH3 is 1. The van der Waals surface area contributed by atoms with Gasteiger partial charge in [-0.05, 0) is 18.2 Å². The van der Waals surface area contributed by atoms with Gasteiger partial charge >= 0.3 is 6.61 Å². The summed E-state index contributed by atoms with van der Waals surface area (Å²) in [5, 5.41) is 6.08. The third-order valence-electron chi connectivity index (χ3n) is 3.57. The molecule has 24 heavy (non-hydrogen) atoms. The number of alkyl halides is 2. The zero-order chi connectivity index (χ0) is 16.7. The number of piperazine rings is 1. The van der Waals surface area contributed by atoms with Crippen molar-refractivity contribution < 1.29 is 23.0 Å². The molecular weight excluding hydrogens is 344 g/mol. The molecule has 2 N–H and O–H groups in total. The van der Waals surface area contributed by atoms with Gasteiger partial charge in [0.05, 0.1) is 7.11 Å². The third-order valence-corrected chi connectivity index (χ3v) is 3.57. The van der Waals surface area contributed by atoms with Gasteiger partial charge in [-0.25, -0.2) is 0 Å². The fourth-order valence-electron chi connectivity index (χ4n) is 2.37. The second-order valence-corrected chi connectivity index (χ2v) is 5.09. The van der Waals surface area contributed by atoms with Gasteiger partial charge in [0.1, 0.15) is 0 Å². The van der Waals surface area contributed by atoms with Crippen LogP contribution in [0.25, 0.3) is 0 Å². The number of halogens is 3. The summed E-state index contributed by atoms with van der Waals surface area (Å²) in [6.45, 7) is 2.19. The summed E-state index contributed by atoms with van der Waals surface area (Å²) >= 11 is 0. The molecule has 0 radical (unpaired) electrons. The molecule has 0 saturated carbocycles. The third kappa shape index (κ3) is 6.10. The standard InChI is InChI=1S/C15H21F2N3O3.ClH/c1-22-13-10-11(2-3-12(13)23-15(16)17)14(21)19-6-9-20-7-4-18-5-8-20;/h2-3,10,15,18H,4-9H2,1H3,(H,19,21);1H. The number of hydrogen-bond donors (Lipinski definition) is 2. The van der Waals surface area contributed by atoms with Gasteiger partial charge in [-0.15, -0.1) is 12.4 Å². The maximum Gasteiger partial charge on any atom is 0.387 e. The monoisotopic (exact) mass is 365 g/mol. The predicted octanol–water partition coefficient (Wildman–Crippen LogP) is 1.35. The smallest absolute Gasteiger partial charge is 0.387 e. The van der Waals surface area contributed by atoms with Crippen molar-refractivity contribution in [3.05, 3.63) is 23.8 Å². The first kappa shape index (κ1) is 20.4. The molecule has 0 aliphatic carbocycles. The molecule has 1 aliphatic heterocycles. The number of benzene rings is 1. The summed E-state index contributed by atoms with van der Waals surface area (Å²) in [5.74, 6) is -0.276. The average Bonchev–Trinajstić information content (AvgIpc) is 2.55. The molecule has 1 aliphatic rings. The fraction of sp³-hybridized carbons (Fsp3) is 0.533. The van der Waals surface area contributed by atoms with E-state index in [1.807, 2.05) is 0 Å². The van der Waals surface area contributed by atoms with Crippen molar-refractivity contribution in [3.63, 3.8) is 0 Å². The van der Waals surface area contributed by atoms with Crippen LogP contribution in [0.4, 0.5) is 8.78 Å². The predicted molar refractivity (Wildman–Crippen MR) is 88.5 cm³/mol. The number of rotatable bonds is 7. The second-order valence-electron chi connectivity index (χ2n) is 5.09. The first-order valence-electron chi connectivity index (χ1n) is 7.44. The van der Waals surface area contributed by atoms with Crippen LogP contribution in [0.15, 0.2) is 18.2 Å². The Balaban J connectivity index is 0.00000288. The van der Waals surface area contributed by atoms with Gasteiger partial charge < -0.3 is 20.1 Å². The van der Waals surface area contributed by atoms with E-state index >= 15 is 0 Å². The Kier molecular flexibility index (Phi) is 8.73. The lowest BCUT2D eigenvalue weighted by atomic mass is 10.2. The molecule has 136 valence electrons. The Morgan fingerprint density at radius 1 is 1.33 bits per heavy atom. The van der Waals surface area contributed by atoms with Gasteiger partial charge in [0.2, 0.25) is 0 Å². The molecule has 0 spiro atoms. The number of hydrogen-bond acceptors (Lipinski definition) is 5. The lowest BCUT2D eigenvalue weighted by Crippen LogP contribution is -2.46. The van der Waals surface area contributed by atoms with Gasteiger partial charge in [0.25, 0.3) is 5.91 Å². The normalized spacial score (nSPS) is 14.8. The first-order valence-corrected chi connectivity index (χ1v) is 7.44. The van der Waals surface area contributed by atoms with Gasteiger partial charge in [-0.3, -0.25) is 9.69 Å². The van der Waals surface area contributed by atoms with E-state index in [2.05, 4.69) is 20.3 Å². The van der Waals surface area contributed by atoms with E-state index in [0.29, 0.717) is 12.1 Å². The zero-order valence-corrected chi connectivity index (χ0v) is 14.2. The minimum atomic E-state index is -2.94. The van der Waals surface area contributed by atoms with Crippen molar-refractivity contribution >= 4 is 18.3 Å². The summed E-state index contributed by atoms with van der Waals surface area (Å²) in [7, 11) is 1.33. The first-order chi connectivity index (χ1) is 11.1. The molecule has 9 heteroatoms. The molecule has 0 bridgehead atoms. The lowest BCUT2D eigenvalue weighted by molar-refractivity contribution is -0.0512. The van der Waals surface area contributed by atoms with Crippen molar-refractivity contribution in [1.29, 1.82) is 0 Å². The quantitative estimate of drug-likeness (QED) is 0.764. The Morgan fingerprint density at radius 3 is 2.67 bits per heavy atom. The molecule has 2 rings (SSSR count). The number of carbonyl (C=O) groups excluding carboxylic acids is 1. The van der Waals surface area contributed by atoms with Crippen LogP contribution in [0.1, 0.15) is 10.4 Å². The Hall–Kier alpha value is -1.64. The van der Waals surface area contributed by atoms with Crippen LogP contribution < -0.4 is 20.1 Å². The van der Waals surface area contributed by atoms with E-state index in [1.165, 1.54) is 25.3 Å². The van der Waals surface area contributed by atoms with Crippen LogP contribution in [0.2, 0.25) is 0 Å². The zero-order valence-electron chi connectivity index (χ0n) is 13.4. The van der Waals surface area contributed by atoms with E-state index in [9.17, 15) is 13.6 Å². The van der Waals surface area contributed by atoms with Crippen LogP contribution >= 0.6 is 12.4 Å². The number of amides is 1. The lowest BCUT2D eigenvalue weighted by Gasteiger charge is -2.27. The molecule has 1 fully saturated rings. The fourth-order valence-corrected chi connectivity index (χ4v) is 2.37. The van der Waals surface area contributed by atoms with Gasteiger partial charge in [-0.2, -0.15) is 8.78 Å². The van der Waals surface area contributed by atoms with Crippen molar-refractivity contribution in [2.45, 2.75) is 6.61 Å². The molecular formula is C15H22ClF2N3O3. The molecule has 1 aromatic rings. The highest BCUT2D eigenvalue weighted by molar-refractivity contribution is 5.94. The Labute approximate surface area is 145 Å². The summed E-state index contributed by atoms with van der Waals surface area (Å²) in [4.78, 5) is 14.4. The highest BCUT2D eigenvalue weighted by Gasteiger charge is 2.14. The molecule has 1 amide bonds. The average molecular weight is 366 g/mol. The summed E-state index contributed by atoms with van der Waals surface area (Å²) < 4.78 is 33.9. The summed E-state index contributed by atoms with van der Waals surface area (Å²) in [6.07, 6.45) is 0. The van der Waals surface area contributed by atoms with Crippen LogP contribution in [0.3, 0.4) is 0 Å². The molecule has 6 nitrogen and oxygen atoms in total. The summed E-state index contributed by atoms with van der Waals surface area (Å²) in [6, 6.07) is 4.12. The van der Waals surface area contributed by atoms with Gasteiger partial charge in [0.15, 0.2) is 11.5 Å². The van der Waals surface area contributed by atoms with Crippen molar-refractivity contribution in [1.82, 2.24) is 15.5 Å². The van der Waals surface area contributed by atoms with Crippen LogP contribution in [0.5, 0.6) is 11.5 Å². The molecule has 0 atom stereocenters. The topological polar surface area (TPSA) is 62.8 Å². The van der Waals surface area contributed by atoms with Crippen LogP contribution in [-0.4, -0.2) is 63.8 Å². The summed E-state index contributed by atoms with van der Waals surface area (Å²) in [5.41, 5.74) is 0.337. The van der Waals surface area contributed by atoms with Crippen molar-refractivity contribution in [2.24, 2.45) is 0 Å². The Bertz CT molecular complexity index is 529. The second kappa shape index (κ2) is 10.3. The maximum atomic E-state index is 12.3. The number of nitrogens with zero attached hydrogens (tertiary/aromatic N) is 1. The molecule has 0 unspecified atom stereocenters. The SMILES string of the molecule is COc1cc(C(=O)NCCN2CCNCC2)ccc1OC(F)F.Cl. The van der Waals surface area contributed by atoms with Crippen LogP contribution in [-0.2, 0) is 0 Å². The highest BCUT2D eigenvalue weighted by Crippen LogP contribution is 2.29. The largest absolute Gasteiger partial charge is 0.493 e. The minimum Gasteiger partial charge on any atom is -0.493 e. The van der Waals surface area contributed by atoms with E-state index in [1.54, 1.807) is 0 Å². The molecule has 0 aromatic heterocycles. The number of nitrogens with one attached hydrogen (secondary N) is 2. The molecule has 1 saturated heterocycles. The molecule has 1 heterocycles. The van der Waals surface area contributed by atoms with Gasteiger partial charge in [-0.1, -0.05) is 0 Å². The number of carbonyl (C=O) groups is 1. The van der Waals surface area contributed by atoms with E-state index in [4.69, 9.17) is 4.74 Å². The number of ether oxygens (including phenoxy) is 2. The van der Waals surface area contributed by atoms with Gasteiger partial charge in [0, 0.05) is 44.8 Å². The highest BCUT2D eigenvalue weighted by atomic mass is 35.5. The van der Waals surface area contributed by atoms with E-state index in [-0.39, 0.29) is 29.8 Å². The van der Waals surface area contributed by atoms with Crippen molar-refractivity contribution in [2.75, 3.05) is 46.4 Å².